The van der Waals surface area contributed by atoms with Crippen LogP contribution in [0.5, 0.6) is 0 Å². The molecule has 2 heteroatoms. The SMILES string of the molecule is CC1=NCC2(CCC(C(C)C)C2)O1. The van der Waals surface area contributed by atoms with Crippen LogP contribution in [0.1, 0.15) is 40.0 Å². The summed E-state index contributed by atoms with van der Waals surface area (Å²) in [5.74, 6) is 2.54. The van der Waals surface area contributed by atoms with Gasteiger partial charge in [0, 0.05) is 6.92 Å². The zero-order valence-corrected chi connectivity index (χ0v) is 8.84. The molecule has 1 saturated carbocycles. The minimum Gasteiger partial charge on any atom is -0.473 e. The minimum atomic E-state index is 0.110. The van der Waals surface area contributed by atoms with Gasteiger partial charge in [0.15, 0.2) is 5.90 Å². The van der Waals surface area contributed by atoms with Gasteiger partial charge in [0.25, 0.3) is 0 Å². The maximum absolute atomic E-state index is 5.84. The van der Waals surface area contributed by atoms with Crippen molar-refractivity contribution in [3.63, 3.8) is 0 Å². The zero-order valence-electron chi connectivity index (χ0n) is 8.84. The fourth-order valence-electron chi connectivity index (χ4n) is 2.57. The Morgan fingerprint density at radius 2 is 2.31 bits per heavy atom. The Bertz CT molecular complexity index is 234. The summed E-state index contributed by atoms with van der Waals surface area (Å²) in [6, 6.07) is 0. The second-order valence-electron chi connectivity index (χ2n) is 4.87. The molecule has 74 valence electrons. The molecule has 0 aromatic rings. The first kappa shape index (κ1) is 9.04. The lowest BCUT2D eigenvalue weighted by Crippen LogP contribution is -2.29. The number of nitrogens with zero attached hydrogens (tertiary/aromatic N) is 1. The van der Waals surface area contributed by atoms with E-state index in [4.69, 9.17) is 4.74 Å². The van der Waals surface area contributed by atoms with Crippen LogP contribution in [0.4, 0.5) is 0 Å². The maximum atomic E-state index is 5.84. The molecule has 1 fully saturated rings. The van der Waals surface area contributed by atoms with Crippen molar-refractivity contribution in [1.82, 2.24) is 0 Å². The third kappa shape index (κ3) is 1.59. The summed E-state index contributed by atoms with van der Waals surface area (Å²) in [6.45, 7) is 7.50. The molecule has 1 heterocycles. The molecule has 1 aliphatic carbocycles. The summed E-state index contributed by atoms with van der Waals surface area (Å²) in [7, 11) is 0. The molecule has 0 N–H and O–H groups in total. The van der Waals surface area contributed by atoms with Gasteiger partial charge in [-0.2, -0.15) is 0 Å². The highest BCUT2D eigenvalue weighted by atomic mass is 16.5. The van der Waals surface area contributed by atoms with Gasteiger partial charge >= 0.3 is 0 Å². The van der Waals surface area contributed by atoms with Crippen LogP contribution >= 0.6 is 0 Å². The van der Waals surface area contributed by atoms with Gasteiger partial charge in [0.05, 0.1) is 6.54 Å². The Morgan fingerprint density at radius 1 is 1.54 bits per heavy atom. The largest absolute Gasteiger partial charge is 0.473 e. The van der Waals surface area contributed by atoms with Crippen molar-refractivity contribution in [2.24, 2.45) is 16.8 Å². The summed E-state index contributed by atoms with van der Waals surface area (Å²) in [4.78, 5) is 4.36. The van der Waals surface area contributed by atoms with Gasteiger partial charge in [-0.15, -0.1) is 0 Å². The van der Waals surface area contributed by atoms with Crippen LogP contribution in [0.3, 0.4) is 0 Å². The first-order valence-electron chi connectivity index (χ1n) is 5.31. The van der Waals surface area contributed by atoms with E-state index in [-0.39, 0.29) is 5.60 Å². The topological polar surface area (TPSA) is 21.6 Å². The van der Waals surface area contributed by atoms with Crippen molar-refractivity contribution in [2.45, 2.75) is 45.6 Å². The molecule has 2 atom stereocenters. The Balaban J connectivity index is 1.99. The van der Waals surface area contributed by atoms with Crippen LogP contribution in [0.25, 0.3) is 0 Å². The maximum Gasteiger partial charge on any atom is 0.180 e. The fourth-order valence-corrected chi connectivity index (χ4v) is 2.57. The van der Waals surface area contributed by atoms with E-state index >= 15 is 0 Å². The lowest BCUT2D eigenvalue weighted by atomic mass is 9.92. The molecule has 2 unspecified atom stereocenters. The van der Waals surface area contributed by atoms with E-state index in [0.29, 0.717) is 0 Å². The average molecular weight is 181 g/mol. The number of aliphatic imine (C=N–C) groups is 1. The van der Waals surface area contributed by atoms with Gasteiger partial charge in [0.1, 0.15) is 5.60 Å². The van der Waals surface area contributed by atoms with Crippen molar-refractivity contribution in [3.05, 3.63) is 0 Å². The Morgan fingerprint density at radius 3 is 2.77 bits per heavy atom. The molecular formula is C11H19NO. The van der Waals surface area contributed by atoms with Crippen molar-refractivity contribution in [2.75, 3.05) is 6.54 Å². The van der Waals surface area contributed by atoms with Gasteiger partial charge in [-0.25, -0.2) is 0 Å². The molecule has 0 aromatic carbocycles. The van der Waals surface area contributed by atoms with Crippen LogP contribution in [0.2, 0.25) is 0 Å². The second-order valence-corrected chi connectivity index (χ2v) is 4.87. The summed E-state index contributed by atoms with van der Waals surface area (Å²) in [5.41, 5.74) is 0.110. The number of hydrogen-bond donors (Lipinski definition) is 0. The lowest BCUT2D eigenvalue weighted by molar-refractivity contribution is 0.0868. The molecule has 0 amide bonds. The van der Waals surface area contributed by atoms with Crippen LogP contribution < -0.4 is 0 Å². The molecule has 2 aliphatic rings. The van der Waals surface area contributed by atoms with E-state index in [0.717, 1.165) is 24.3 Å². The summed E-state index contributed by atoms with van der Waals surface area (Å²) in [5, 5.41) is 0. The second kappa shape index (κ2) is 3.00. The van der Waals surface area contributed by atoms with Crippen molar-refractivity contribution < 1.29 is 4.74 Å². The predicted octanol–water partition coefficient (Wildman–Crippen LogP) is 2.63. The fraction of sp³-hybridized carbons (Fsp3) is 0.909. The third-order valence-electron chi connectivity index (χ3n) is 3.50. The van der Waals surface area contributed by atoms with Gasteiger partial charge in [-0.3, -0.25) is 4.99 Å². The molecule has 0 saturated heterocycles. The number of rotatable bonds is 1. The number of hydrogen-bond acceptors (Lipinski definition) is 2. The Hall–Kier alpha value is -0.530. The van der Waals surface area contributed by atoms with Gasteiger partial charge in [-0.1, -0.05) is 13.8 Å². The van der Waals surface area contributed by atoms with E-state index in [1.54, 1.807) is 0 Å². The van der Waals surface area contributed by atoms with Crippen LogP contribution in [-0.2, 0) is 4.74 Å². The van der Waals surface area contributed by atoms with Crippen LogP contribution in [-0.4, -0.2) is 18.0 Å². The van der Waals surface area contributed by atoms with E-state index in [2.05, 4.69) is 18.8 Å². The number of ether oxygens (including phenoxy) is 1. The highest BCUT2D eigenvalue weighted by Gasteiger charge is 2.44. The molecule has 0 radical (unpaired) electrons. The standard InChI is InChI=1S/C11H19NO/c1-8(2)10-4-5-11(6-10)7-12-9(3)13-11/h8,10H,4-7H2,1-3H3. The molecule has 0 aromatic heterocycles. The molecule has 2 rings (SSSR count). The summed E-state index contributed by atoms with van der Waals surface area (Å²) >= 11 is 0. The monoisotopic (exact) mass is 181 g/mol. The van der Waals surface area contributed by atoms with E-state index in [1.165, 1.54) is 19.3 Å². The quantitative estimate of drug-likeness (QED) is 0.609. The van der Waals surface area contributed by atoms with Crippen LogP contribution in [0, 0.1) is 11.8 Å². The van der Waals surface area contributed by atoms with Gasteiger partial charge < -0.3 is 4.74 Å². The van der Waals surface area contributed by atoms with E-state index in [9.17, 15) is 0 Å². The highest BCUT2D eigenvalue weighted by Crippen LogP contribution is 2.43. The van der Waals surface area contributed by atoms with E-state index < -0.39 is 0 Å². The lowest BCUT2D eigenvalue weighted by Gasteiger charge is -2.23. The Kier molecular flexibility index (Phi) is 2.09. The van der Waals surface area contributed by atoms with Gasteiger partial charge in [-0.05, 0) is 31.1 Å². The van der Waals surface area contributed by atoms with Crippen molar-refractivity contribution >= 4 is 5.90 Å². The first-order valence-corrected chi connectivity index (χ1v) is 5.31. The minimum absolute atomic E-state index is 0.110. The van der Waals surface area contributed by atoms with Gasteiger partial charge in [0.2, 0.25) is 0 Å². The third-order valence-corrected chi connectivity index (χ3v) is 3.50. The normalized spacial score (nSPS) is 38.5. The van der Waals surface area contributed by atoms with Crippen LogP contribution in [0.15, 0.2) is 4.99 Å². The molecule has 1 aliphatic heterocycles. The summed E-state index contributed by atoms with van der Waals surface area (Å²) in [6.07, 6.45) is 3.74. The smallest absolute Gasteiger partial charge is 0.180 e. The molecule has 2 nitrogen and oxygen atoms in total. The summed E-state index contributed by atoms with van der Waals surface area (Å²) < 4.78 is 5.84. The molecule has 13 heavy (non-hydrogen) atoms. The zero-order chi connectivity index (χ0) is 9.47. The molecule has 0 bridgehead atoms. The predicted molar refractivity (Wildman–Crippen MR) is 54.0 cm³/mol. The highest BCUT2D eigenvalue weighted by molar-refractivity contribution is 5.75. The van der Waals surface area contributed by atoms with Crippen molar-refractivity contribution in [3.8, 4) is 0 Å². The first-order chi connectivity index (χ1) is 6.11. The Labute approximate surface area is 80.4 Å². The van der Waals surface area contributed by atoms with E-state index in [1.807, 2.05) is 6.92 Å². The average Bonchev–Trinajstić information content (AvgIpc) is 2.61. The molecule has 1 spiro atoms. The molecular weight excluding hydrogens is 162 g/mol. The van der Waals surface area contributed by atoms with Crippen molar-refractivity contribution in [1.29, 1.82) is 0 Å².